The first-order chi connectivity index (χ1) is 10.8. The Morgan fingerprint density at radius 1 is 1.32 bits per heavy atom. The summed E-state index contributed by atoms with van der Waals surface area (Å²) >= 11 is 0. The van der Waals surface area contributed by atoms with Gasteiger partial charge in [-0.1, -0.05) is 11.6 Å². The van der Waals surface area contributed by atoms with Crippen molar-refractivity contribution in [1.29, 1.82) is 0 Å². The van der Waals surface area contributed by atoms with Crippen LogP contribution in [-0.4, -0.2) is 41.3 Å². The van der Waals surface area contributed by atoms with Gasteiger partial charge in [0.15, 0.2) is 0 Å². The van der Waals surface area contributed by atoms with Crippen molar-refractivity contribution in [3.8, 4) is 17.1 Å². The van der Waals surface area contributed by atoms with Crippen LogP contribution in [0.25, 0.3) is 11.4 Å². The number of rotatable bonds is 5. The molecule has 1 aromatic heterocycles. The predicted octanol–water partition coefficient (Wildman–Crippen LogP) is 2.06. The molecule has 0 saturated carbocycles. The third kappa shape index (κ3) is 3.28. The minimum absolute atomic E-state index is 0.421. The van der Waals surface area contributed by atoms with Crippen molar-refractivity contribution in [1.82, 2.24) is 15.0 Å². The van der Waals surface area contributed by atoms with E-state index in [1.807, 2.05) is 24.3 Å². The molecular formula is C16H22N4O2. The quantitative estimate of drug-likeness (QED) is 0.911. The summed E-state index contributed by atoms with van der Waals surface area (Å²) in [5.74, 6) is 2.07. The third-order valence-electron chi connectivity index (χ3n) is 4.18. The van der Waals surface area contributed by atoms with Crippen molar-refractivity contribution in [3.05, 3.63) is 30.2 Å². The van der Waals surface area contributed by atoms with E-state index in [-0.39, 0.29) is 0 Å². The second kappa shape index (κ2) is 6.89. The van der Waals surface area contributed by atoms with Crippen molar-refractivity contribution < 1.29 is 9.26 Å². The van der Waals surface area contributed by atoms with Crippen LogP contribution in [0.5, 0.6) is 5.75 Å². The molecule has 118 valence electrons. The number of nitrogens with two attached hydrogens (primary N) is 1. The maximum Gasteiger partial charge on any atom is 0.241 e. The summed E-state index contributed by atoms with van der Waals surface area (Å²) in [5, 5.41) is 4.07. The summed E-state index contributed by atoms with van der Waals surface area (Å²) in [6, 6.07) is 8.06. The zero-order valence-electron chi connectivity index (χ0n) is 12.9. The van der Waals surface area contributed by atoms with Crippen LogP contribution < -0.4 is 10.5 Å². The molecule has 22 heavy (non-hydrogen) atoms. The molecule has 1 aromatic carbocycles. The fourth-order valence-corrected chi connectivity index (χ4v) is 2.89. The molecule has 2 N–H and O–H groups in total. The number of likely N-dealkylation sites (tertiary alicyclic amines) is 1. The number of hydrogen-bond donors (Lipinski definition) is 1. The largest absolute Gasteiger partial charge is 0.497 e. The van der Waals surface area contributed by atoms with Gasteiger partial charge in [0.1, 0.15) is 5.75 Å². The second-order valence-electron chi connectivity index (χ2n) is 5.60. The molecule has 0 amide bonds. The van der Waals surface area contributed by atoms with Gasteiger partial charge in [-0.2, -0.15) is 4.98 Å². The highest BCUT2D eigenvalue weighted by atomic mass is 16.5. The van der Waals surface area contributed by atoms with Gasteiger partial charge < -0.3 is 15.0 Å². The fraction of sp³-hybridized carbons (Fsp3) is 0.500. The summed E-state index contributed by atoms with van der Waals surface area (Å²) in [6.45, 7) is 2.40. The predicted molar refractivity (Wildman–Crippen MR) is 83.4 cm³/mol. The third-order valence-corrected chi connectivity index (χ3v) is 4.18. The van der Waals surface area contributed by atoms with E-state index in [1.165, 1.54) is 12.8 Å². The maximum absolute atomic E-state index is 5.85. The van der Waals surface area contributed by atoms with E-state index in [2.05, 4.69) is 15.0 Å². The zero-order chi connectivity index (χ0) is 15.4. The maximum atomic E-state index is 5.85. The second-order valence-corrected chi connectivity index (χ2v) is 5.60. The smallest absolute Gasteiger partial charge is 0.241 e. The molecule has 1 aliphatic rings. The number of nitrogens with zero attached hydrogens (tertiary/aromatic N) is 3. The Labute approximate surface area is 130 Å². The van der Waals surface area contributed by atoms with Gasteiger partial charge in [0.2, 0.25) is 11.7 Å². The normalized spacial score (nSPS) is 19.3. The van der Waals surface area contributed by atoms with Crippen molar-refractivity contribution in [3.63, 3.8) is 0 Å². The van der Waals surface area contributed by atoms with Gasteiger partial charge in [-0.3, -0.25) is 4.90 Å². The van der Waals surface area contributed by atoms with E-state index in [4.69, 9.17) is 15.0 Å². The lowest BCUT2D eigenvalue weighted by Crippen LogP contribution is -2.43. The molecule has 0 aliphatic carbocycles. The SMILES string of the molecule is COc1ccc(-c2noc(CN3CCCCC3CN)n2)cc1. The van der Waals surface area contributed by atoms with Gasteiger partial charge >= 0.3 is 0 Å². The minimum atomic E-state index is 0.421. The molecule has 1 unspecified atom stereocenters. The minimum Gasteiger partial charge on any atom is -0.497 e. The molecular weight excluding hydrogens is 280 g/mol. The van der Waals surface area contributed by atoms with Gasteiger partial charge in [0.25, 0.3) is 0 Å². The Hall–Kier alpha value is -1.92. The molecule has 0 spiro atoms. The Morgan fingerprint density at radius 2 is 2.14 bits per heavy atom. The number of piperidine rings is 1. The average Bonchev–Trinajstić information content (AvgIpc) is 3.04. The number of hydrogen-bond acceptors (Lipinski definition) is 6. The summed E-state index contributed by atoms with van der Waals surface area (Å²) in [6.07, 6.45) is 3.60. The zero-order valence-corrected chi connectivity index (χ0v) is 12.9. The lowest BCUT2D eigenvalue weighted by Gasteiger charge is -2.33. The number of aromatic nitrogens is 2. The number of methoxy groups -OCH3 is 1. The van der Waals surface area contributed by atoms with E-state index in [0.717, 1.165) is 24.3 Å². The van der Waals surface area contributed by atoms with E-state index in [9.17, 15) is 0 Å². The van der Waals surface area contributed by atoms with E-state index < -0.39 is 0 Å². The summed E-state index contributed by atoms with van der Waals surface area (Å²) < 4.78 is 10.5. The molecule has 0 bridgehead atoms. The first kappa shape index (κ1) is 15.0. The van der Waals surface area contributed by atoms with Crippen molar-refractivity contribution in [2.75, 3.05) is 20.2 Å². The summed E-state index contributed by atoms with van der Waals surface area (Å²) in [5.41, 5.74) is 6.77. The molecule has 2 heterocycles. The lowest BCUT2D eigenvalue weighted by atomic mass is 10.0. The fourth-order valence-electron chi connectivity index (χ4n) is 2.89. The van der Waals surface area contributed by atoms with Crippen LogP contribution in [-0.2, 0) is 6.54 Å². The van der Waals surface area contributed by atoms with Crippen LogP contribution in [0, 0.1) is 0 Å². The standard InChI is InChI=1S/C16H22N4O2/c1-21-14-7-5-12(6-8-14)16-18-15(22-19-16)11-20-9-3-2-4-13(20)10-17/h5-8,13H,2-4,9-11,17H2,1H3. The molecule has 3 rings (SSSR count). The van der Waals surface area contributed by atoms with Gasteiger partial charge in [0, 0.05) is 18.2 Å². The monoisotopic (exact) mass is 302 g/mol. The van der Waals surface area contributed by atoms with Crippen molar-refractivity contribution in [2.45, 2.75) is 31.8 Å². The van der Waals surface area contributed by atoms with Crippen LogP contribution in [0.3, 0.4) is 0 Å². The lowest BCUT2D eigenvalue weighted by molar-refractivity contribution is 0.128. The molecule has 1 saturated heterocycles. The topological polar surface area (TPSA) is 77.4 Å². The summed E-state index contributed by atoms with van der Waals surface area (Å²) in [7, 11) is 1.65. The van der Waals surface area contributed by atoms with Crippen LogP contribution >= 0.6 is 0 Å². The highest BCUT2D eigenvalue weighted by Gasteiger charge is 2.23. The van der Waals surface area contributed by atoms with Gasteiger partial charge in [-0.25, -0.2) is 0 Å². The van der Waals surface area contributed by atoms with E-state index in [0.29, 0.717) is 30.8 Å². The van der Waals surface area contributed by atoms with Gasteiger partial charge in [-0.05, 0) is 43.7 Å². The molecule has 1 atom stereocenters. The summed E-state index contributed by atoms with van der Waals surface area (Å²) in [4.78, 5) is 6.84. The Balaban J connectivity index is 1.70. The number of ether oxygens (including phenoxy) is 1. The van der Waals surface area contributed by atoms with Crippen molar-refractivity contribution in [2.24, 2.45) is 5.73 Å². The highest BCUT2D eigenvalue weighted by Crippen LogP contribution is 2.22. The molecule has 0 radical (unpaired) electrons. The van der Waals surface area contributed by atoms with Crippen LogP contribution in [0.2, 0.25) is 0 Å². The Morgan fingerprint density at radius 3 is 2.86 bits per heavy atom. The molecule has 2 aromatic rings. The van der Waals surface area contributed by atoms with E-state index >= 15 is 0 Å². The van der Waals surface area contributed by atoms with Crippen LogP contribution in [0.15, 0.2) is 28.8 Å². The van der Waals surface area contributed by atoms with E-state index in [1.54, 1.807) is 7.11 Å². The van der Waals surface area contributed by atoms with Gasteiger partial charge in [0.05, 0.1) is 13.7 Å². The van der Waals surface area contributed by atoms with Crippen molar-refractivity contribution >= 4 is 0 Å². The molecule has 6 nitrogen and oxygen atoms in total. The van der Waals surface area contributed by atoms with Crippen LogP contribution in [0.1, 0.15) is 25.2 Å². The van der Waals surface area contributed by atoms with Crippen LogP contribution in [0.4, 0.5) is 0 Å². The number of benzene rings is 1. The first-order valence-electron chi connectivity index (χ1n) is 7.71. The Bertz CT molecular complexity index is 596. The average molecular weight is 302 g/mol. The Kier molecular flexibility index (Phi) is 4.70. The first-order valence-corrected chi connectivity index (χ1v) is 7.71. The molecule has 6 heteroatoms. The molecule has 1 aliphatic heterocycles. The van der Waals surface area contributed by atoms with Gasteiger partial charge in [-0.15, -0.1) is 0 Å². The highest BCUT2D eigenvalue weighted by molar-refractivity contribution is 5.55. The molecule has 1 fully saturated rings.